The summed E-state index contributed by atoms with van der Waals surface area (Å²) in [4.78, 5) is 31.7. The fourth-order valence-corrected chi connectivity index (χ4v) is 4.26. The molecule has 1 aromatic carbocycles. The summed E-state index contributed by atoms with van der Waals surface area (Å²) in [6.45, 7) is 2.20. The summed E-state index contributed by atoms with van der Waals surface area (Å²) < 4.78 is 7.23. The predicted octanol–water partition coefficient (Wildman–Crippen LogP) is 3.54. The van der Waals surface area contributed by atoms with Gasteiger partial charge in [0.1, 0.15) is 12.1 Å². The Morgan fingerprint density at radius 3 is 3.04 bits per heavy atom. The van der Waals surface area contributed by atoms with Crippen LogP contribution in [-0.2, 0) is 24.3 Å². The Balaban J connectivity index is 1.52. The number of aryl methyl sites for hydroxylation is 2. The van der Waals surface area contributed by atoms with E-state index in [-0.39, 0.29) is 23.9 Å². The molecule has 0 saturated carbocycles. The lowest BCUT2D eigenvalue weighted by atomic mass is 10.1. The van der Waals surface area contributed by atoms with Crippen LogP contribution in [0, 0.1) is 6.92 Å². The molecule has 1 aliphatic carbocycles. The molecule has 6 nitrogen and oxygen atoms in total. The van der Waals surface area contributed by atoms with Crippen LogP contribution < -0.4 is 4.87 Å². The minimum atomic E-state index is -0.189. The van der Waals surface area contributed by atoms with Gasteiger partial charge in [-0.05, 0) is 43.5 Å². The van der Waals surface area contributed by atoms with Crippen LogP contribution in [0.15, 0.2) is 32.4 Å². The highest BCUT2D eigenvalue weighted by atomic mass is 35.5. The predicted molar refractivity (Wildman–Crippen MR) is 106 cm³/mol. The van der Waals surface area contributed by atoms with Crippen LogP contribution in [0.4, 0.5) is 0 Å². The third kappa shape index (κ3) is 3.57. The molecule has 0 unspecified atom stereocenters. The molecule has 0 atom stereocenters. The number of rotatable bonds is 4. The molecule has 2 aromatic heterocycles. The van der Waals surface area contributed by atoms with Crippen LogP contribution in [-0.4, -0.2) is 27.4 Å². The van der Waals surface area contributed by atoms with Crippen molar-refractivity contribution in [3.63, 3.8) is 0 Å². The quantitative estimate of drug-likeness (QED) is 0.668. The van der Waals surface area contributed by atoms with E-state index in [1.54, 1.807) is 13.1 Å². The molecule has 0 bridgehead atoms. The second kappa shape index (κ2) is 6.98. The van der Waals surface area contributed by atoms with E-state index in [2.05, 4.69) is 4.98 Å². The number of oxazole rings is 1. The zero-order valence-electron chi connectivity index (χ0n) is 15.0. The number of allylic oxidation sites excluding steroid dienone is 1. The summed E-state index contributed by atoms with van der Waals surface area (Å²) in [5.74, 6) is 0.278. The standard InChI is InChI=1S/C19H18ClN3O3S/c1-11-3-5-13-15(7-11)26-17(21-13)9-22(2)18(24)10-23-14-8-12(20)4-6-16(14)27-19(23)25/h3,5,7-8H,4,6,9-10H2,1-2H3. The summed E-state index contributed by atoms with van der Waals surface area (Å²) >= 11 is 7.30. The minimum absolute atomic E-state index is 0.0266. The first-order valence-corrected chi connectivity index (χ1v) is 9.79. The number of carbonyl (C=O) groups excluding carboxylic acids is 1. The number of hydrogen-bond donors (Lipinski definition) is 0. The zero-order valence-corrected chi connectivity index (χ0v) is 16.6. The summed E-state index contributed by atoms with van der Waals surface area (Å²) in [7, 11) is 1.68. The average Bonchev–Trinajstić information content (AvgIpc) is 3.15. The Hall–Kier alpha value is -2.38. The van der Waals surface area contributed by atoms with Gasteiger partial charge in [0.15, 0.2) is 5.58 Å². The number of halogens is 1. The Bertz CT molecular complexity index is 1130. The van der Waals surface area contributed by atoms with E-state index in [0.29, 0.717) is 16.5 Å². The Morgan fingerprint density at radius 2 is 2.22 bits per heavy atom. The monoisotopic (exact) mass is 403 g/mol. The molecule has 0 spiro atoms. The largest absolute Gasteiger partial charge is 0.439 e. The topological polar surface area (TPSA) is 68.3 Å². The number of carbonyl (C=O) groups is 1. The maximum Gasteiger partial charge on any atom is 0.308 e. The van der Waals surface area contributed by atoms with E-state index in [1.807, 2.05) is 25.1 Å². The van der Waals surface area contributed by atoms with Gasteiger partial charge in [0.05, 0.1) is 12.2 Å². The van der Waals surface area contributed by atoms with Crippen molar-refractivity contribution < 1.29 is 9.21 Å². The zero-order chi connectivity index (χ0) is 19.1. The lowest BCUT2D eigenvalue weighted by Gasteiger charge is -2.17. The molecule has 0 aliphatic heterocycles. The van der Waals surface area contributed by atoms with E-state index in [9.17, 15) is 9.59 Å². The Labute approximate surface area is 164 Å². The third-order valence-corrected chi connectivity index (χ3v) is 5.92. The van der Waals surface area contributed by atoms with E-state index in [1.165, 1.54) is 20.8 Å². The van der Waals surface area contributed by atoms with Gasteiger partial charge in [-0.15, -0.1) is 0 Å². The normalized spacial score (nSPS) is 13.5. The van der Waals surface area contributed by atoms with Crippen LogP contribution in [0.2, 0.25) is 0 Å². The van der Waals surface area contributed by atoms with Gasteiger partial charge in [-0.3, -0.25) is 14.2 Å². The molecule has 0 fully saturated rings. The maximum absolute atomic E-state index is 12.7. The molecule has 1 amide bonds. The summed E-state index contributed by atoms with van der Waals surface area (Å²) in [6, 6.07) is 5.78. The highest BCUT2D eigenvalue weighted by Crippen LogP contribution is 2.28. The molecular weight excluding hydrogens is 386 g/mol. The molecule has 4 rings (SSSR count). The summed E-state index contributed by atoms with van der Waals surface area (Å²) in [5, 5.41) is 0.705. The van der Waals surface area contributed by atoms with Crippen molar-refractivity contribution in [3.8, 4) is 0 Å². The number of amides is 1. The number of fused-ring (bicyclic) bond motifs is 2. The van der Waals surface area contributed by atoms with E-state index < -0.39 is 0 Å². The van der Waals surface area contributed by atoms with Crippen molar-refractivity contribution in [1.29, 1.82) is 0 Å². The van der Waals surface area contributed by atoms with Crippen molar-refractivity contribution in [2.45, 2.75) is 32.9 Å². The summed E-state index contributed by atoms with van der Waals surface area (Å²) in [6.07, 6.45) is 3.26. The molecule has 0 saturated heterocycles. The second-order valence-electron chi connectivity index (χ2n) is 6.68. The fraction of sp³-hybridized carbons (Fsp3) is 0.316. The van der Waals surface area contributed by atoms with E-state index in [0.717, 1.165) is 34.5 Å². The van der Waals surface area contributed by atoms with Gasteiger partial charge in [-0.1, -0.05) is 29.0 Å². The number of benzene rings is 1. The fourth-order valence-electron chi connectivity index (χ4n) is 3.10. The van der Waals surface area contributed by atoms with Gasteiger partial charge < -0.3 is 9.32 Å². The molecule has 0 N–H and O–H groups in total. The first kappa shape index (κ1) is 18.0. The molecular formula is C19H18ClN3O3S. The number of aromatic nitrogens is 2. The van der Waals surface area contributed by atoms with E-state index in [4.69, 9.17) is 16.0 Å². The molecule has 0 radical (unpaired) electrons. The highest BCUT2D eigenvalue weighted by molar-refractivity contribution is 7.09. The highest BCUT2D eigenvalue weighted by Gasteiger charge is 2.21. The van der Waals surface area contributed by atoms with Gasteiger partial charge >= 0.3 is 4.87 Å². The molecule has 27 heavy (non-hydrogen) atoms. The van der Waals surface area contributed by atoms with Crippen LogP contribution >= 0.6 is 22.9 Å². The number of likely N-dealkylation sites (N-methyl/N-ethyl adjacent to an activating group) is 1. The van der Waals surface area contributed by atoms with Crippen molar-refractivity contribution in [1.82, 2.24) is 14.5 Å². The Morgan fingerprint density at radius 1 is 1.41 bits per heavy atom. The first-order chi connectivity index (χ1) is 12.9. The van der Waals surface area contributed by atoms with Gasteiger partial charge in [0.2, 0.25) is 11.8 Å². The second-order valence-corrected chi connectivity index (χ2v) is 8.21. The third-order valence-electron chi connectivity index (χ3n) is 4.57. The van der Waals surface area contributed by atoms with Crippen molar-refractivity contribution in [3.05, 3.63) is 54.9 Å². The average molecular weight is 404 g/mol. The van der Waals surface area contributed by atoms with Crippen molar-refractivity contribution in [2.24, 2.45) is 0 Å². The number of thiazole rings is 1. The molecule has 8 heteroatoms. The van der Waals surface area contributed by atoms with Crippen LogP contribution in [0.5, 0.6) is 0 Å². The van der Waals surface area contributed by atoms with Gasteiger partial charge in [0, 0.05) is 17.0 Å². The van der Waals surface area contributed by atoms with Crippen LogP contribution in [0.1, 0.15) is 28.4 Å². The Kier molecular flexibility index (Phi) is 4.65. The number of nitrogens with zero attached hydrogens (tertiary/aromatic N) is 3. The van der Waals surface area contributed by atoms with Crippen molar-refractivity contribution >= 4 is 46.0 Å². The first-order valence-electron chi connectivity index (χ1n) is 8.59. The molecule has 3 aromatic rings. The summed E-state index contributed by atoms with van der Waals surface area (Å²) in [5.41, 5.74) is 3.30. The van der Waals surface area contributed by atoms with Crippen LogP contribution in [0.25, 0.3) is 17.2 Å². The van der Waals surface area contributed by atoms with Gasteiger partial charge in [0.25, 0.3) is 0 Å². The van der Waals surface area contributed by atoms with E-state index >= 15 is 0 Å². The molecule has 140 valence electrons. The number of hydrogen-bond acceptors (Lipinski definition) is 5. The molecule has 2 heterocycles. The van der Waals surface area contributed by atoms with Crippen molar-refractivity contribution in [2.75, 3.05) is 7.05 Å². The maximum atomic E-state index is 12.7. The minimum Gasteiger partial charge on any atom is -0.439 e. The van der Waals surface area contributed by atoms with Gasteiger partial charge in [-0.25, -0.2) is 4.98 Å². The SMILES string of the molecule is Cc1ccc2nc(CN(C)C(=O)Cn3c4c(sc3=O)CCC(Cl)=C4)oc2c1. The molecule has 1 aliphatic rings. The van der Waals surface area contributed by atoms with Gasteiger partial charge in [-0.2, -0.15) is 0 Å². The lowest BCUT2D eigenvalue weighted by molar-refractivity contribution is -0.131. The smallest absolute Gasteiger partial charge is 0.308 e. The van der Waals surface area contributed by atoms with Crippen LogP contribution in [0.3, 0.4) is 0 Å². The lowest BCUT2D eigenvalue weighted by Crippen LogP contribution is -2.32.